The van der Waals surface area contributed by atoms with Crippen LogP contribution in [0.5, 0.6) is 0 Å². The van der Waals surface area contributed by atoms with Gasteiger partial charge in [0.05, 0.1) is 31.2 Å². The molecule has 32 heavy (non-hydrogen) atoms. The molecule has 0 aromatic heterocycles. The van der Waals surface area contributed by atoms with Crippen molar-refractivity contribution in [3.05, 3.63) is 66.1 Å². The summed E-state index contributed by atoms with van der Waals surface area (Å²) < 4.78 is 5.14. The maximum Gasteiger partial charge on any atom is 0.330 e. The van der Waals surface area contributed by atoms with Gasteiger partial charge in [-0.05, 0) is 30.2 Å². The number of nitrogens with zero attached hydrogens (tertiary/aromatic N) is 1. The fraction of sp³-hybridized carbons (Fsp3) is 0.238. The first-order valence-electron chi connectivity index (χ1n) is 9.16. The number of esters is 1. The molecule has 0 radical (unpaired) electrons. The van der Waals surface area contributed by atoms with Gasteiger partial charge in [0, 0.05) is 10.6 Å². The van der Waals surface area contributed by atoms with Crippen LogP contribution in [0.15, 0.2) is 24.3 Å². The molecule has 1 aliphatic heterocycles. The largest absolute Gasteiger partial charge is 0.456 e. The van der Waals surface area contributed by atoms with Crippen molar-refractivity contribution in [2.75, 3.05) is 6.61 Å². The number of fused-ring (bicyclic) bond motifs is 1. The third kappa shape index (κ3) is 4.35. The van der Waals surface area contributed by atoms with E-state index >= 15 is 0 Å². The number of hydrogen-bond donors (Lipinski definition) is 0. The van der Waals surface area contributed by atoms with E-state index in [9.17, 15) is 19.2 Å². The van der Waals surface area contributed by atoms with Gasteiger partial charge in [0.1, 0.15) is 6.04 Å². The van der Waals surface area contributed by atoms with E-state index in [0.29, 0.717) is 9.92 Å². The number of amides is 2. The highest BCUT2D eigenvalue weighted by atomic mass is 35.5. The zero-order valence-electron chi connectivity index (χ0n) is 16.5. The molecule has 0 fully saturated rings. The highest BCUT2D eigenvalue weighted by molar-refractivity contribution is 6.55. The van der Waals surface area contributed by atoms with Crippen LogP contribution < -0.4 is 0 Å². The number of carbonyl (C=O) groups is 4. The van der Waals surface area contributed by atoms with E-state index in [1.807, 2.05) is 0 Å². The molecular weight excluding hydrogens is 523 g/mol. The minimum absolute atomic E-state index is 0.183. The number of halogens is 5. The lowest BCUT2D eigenvalue weighted by molar-refractivity contribution is -0.148. The van der Waals surface area contributed by atoms with Gasteiger partial charge in [-0.2, -0.15) is 0 Å². The van der Waals surface area contributed by atoms with Crippen LogP contribution in [0.2, 0.25) is 25.1 Å². The normalized spacial score (nSPS) is 14.1. The number of imide groups is 1. The average molecular weight is 538 g/mol. The van der Waals surface area contributed by atoms with E-state index < -0.39 is 42.1 Å². The van der Waals surface area contributed by atoms with Gasteiger partial charge in [-0.15, -0.1) is 0 Å². The number of ketones is 1. The summed E-state index contributed by atoms with van der Waals surface area (Å²) in [7, 11) is 0. The van der Waals surface area contributed by atoms with E-state index in [4.69, 9.17) is 62.7 Å². The highest BCUT2D eigenvalue weighted by Crippen LogP contribution is 2.45. The Hall–Kier alpha value is -1.83. The standard InChI is InChI=1S/C21H14Cl5NO5/c1-8(2)18(21(31)32-7-11(28)9-3-5-10(22)6-4-9)27-19(29)12-13(20(27)30)15(24)17(26)16(25)14(12)23/h3-6,8,18H,7H2,1-2H3/t18-/m0/s1. The first-order valence-corrected chi connectivity index (χ1v) is 11.1. The molecule has 3 rings (SSSR count). The Kier molecular flexibility index (Phi) is 7.42. The van der Waals surface area contributed by atoms with Crippen molar-refractivity contribution in [1.29, 1.82) is 0 Å². The van der Waals surface area contributed by atoms with E-state index in [1.165, 1.54) is 24.3 Å². The van der Waals surface area contributed by atoms with Crippen LogP contribution in [-0.4, -0.2) is 41.1 Å². The Morgan fingerprint density at radius 1 is 0.844 bits per heavy atom. The van der Waals surface area contributed by atoms with Gasteiger partial charge >= 0.3 is 5.97 Å². The molecule has 2 aromatic carbocycles. The first kappa shape index (κ1) is 24.8. The molecule has 0 saturated carbocycles. The maximum atomic E-state index is 13.1. The third-order valence-electron chi connectivity index (χ3n) is 4.80. The summed E-state index contributed by atoms with van der Waals surface area (Å²) in [5.41, 5.74) is -0.203. The number of Topliss-reactive ketones (excluding diaryl/α,β-unsaturated/α-hetero) is 1. The Labute approximate surface area is 208 Å². The average Bonchev–Trinajstić information content (AvgIpc) is 3.00. The van der Waals surface area contributed by atoms with Gasteiger partial charge in [0.2, 0.25) is 0 Å². The summed E-state index contributed by atoms with van der Waals surface area (Å²) >= 11 is 30.1. The Bertz CT molecular complexity index is 1100. The molecule has 0 N–H and O–H groups in total. The number of rotatable bonds is 6. The summed E-state index contributed by atoms with van der Waals surface area (Å²) in [4.78, 5) is 52.0. The van der Waals surface area contributed by atoms with Crippen molar-refractivity contribution in [3.63, 3.8) is 0 Å². The summed E-state index contributed by atoms with van der Waals surface area (Å²) in [6, 6.07) is 4.68. The van der Waals surface area contributed by atoms with Gasteiger partial charge in [0.15, 0.2) is 12.4 Å². The first-order chi connectivity index (χ1) is 15.0. The van der Waals surface area contributed by atoms with Crippen molar-refractivity contribution < 1.29 is 23.9 Å². The van der Waals surface area contributed by atoms with Gasteiger partial charge in [-0.3, -0.25) is 19.3 Å². The Morgan fingerprint density at radius 2 is 1.31 bits per heavy atom. The minimum atomic E-state index is -1.34. The van der Waals surface area contributed by atoms with Gasteiger partial charge < -0.3 is 4.74 Å². The monoisotopic (exact) mass is 535 g/mol. The van der Waals surface area contributed by atoms with E-state index in [1.54, 1.807) is 13.8 Å². The van der Waals surface area contributed by atoms with Crippen LogP contribution in [0.25, 0.3) is 0 Å². The number of carbonyl (C=O) groups excluding carboxylic acids is 4. The van der Waals surface area contributed by atoms with Crippen LogP contribution in [0.1, 0.15) is 44.9 Å². The van der Waals surface area contributed by atoms with E-state index in [0.717, 1.165) is 0 Å². The molecule has 1 heterocycles. The predicted octanol–water partition coefficient (Wildman–Crippen LogP) is 6.00. The zero-order chi connectivity index (χ0) is 23.9. The second-order valence-electron chi connectivity index (χ2n) is 7.21. The molecule has 0 bridgehead atoms. The fourth-order valence-electron chi connectivity index (χ4n) is 3.24. The molecule has 1 aliphatic rings. The SMILES string of the molecule is CC(C)[C@@H](C(=O)OCC(=O)c1ccc(Cl)cc1)N1C(=O)c2c(Cl)c(Cl)c(Cl)c(Cl)c2C1=O. The maximum absolute atomic E-state index is 13.1. The molecule has 6 nitrogen and oxygen atoms in total. The second-order valence-corrected chi connectivity index (χ2v) is 9.16. The lowest BCUT2D eigenvalue weighted by atomic mass is 10.0. The summed E-state index contributed by atoms with van der Waals surface area (Å²) in [6.07, 6.45) is 0. The molecule has 0 spiro atoms. The number of benzene rings is 2. The Balaban J connectivity index is 1.87. The summed E-state index contributed by atoms with van der Waals surface area (Å²) in [5.74, 6) is -3.71. The third-order valence-corrected chi connectivity index (χ3v) is 6.85. The van der Waals surface area contributed by atoms with Gasteiger partial charge in [-0.1, -0.05) is 71.9 Å². The van der Waals surface area contributed by atoms with Crippen molar-refractivity contribution in [1.82, 2.24) is 4.90 Å². The molecule has 11 heteroatoms. The van der Waals surface area contributed by atoms with Gasteiger partial charge in [0.25, 0.3) is 11.8 Å². The fourth-order valence-corrected chi connectivity index (χ4v) is 4.38. The van der Waals surface area contributed by atoms with Crippen LogP contribution in [-0.2, 0) is 9.53 Å². The topological polar surface area (TPSA) is 80.8 Å². The van der Waals surface area contributed by atoms with Crippen molar-refractivity contribution in [2.45, 2.75) is 19.9 Å². The smallest absolute Gasteiger partial charge is 0.330 e. The van der Waals surface area contributed by atoms with E-state index in [-0.39, 0.29) is 36.8 Å². The molecular formula is C21H14Cl5NO5. The summed E-state index contributed by atoms with van der Waals surface area (Å²) in [5, 5.41) is -0.410. The molecule has 0 unspecified atom stereocenters. The Morgan fingerprint density at radius 3 is 1.75 bits per heavy atom. The molecule has 1 atom stereocenters. The van der Waals surface area contributed by atoms with E-state index in [2.05, 4.69) is 0 Å². The van der Waals surface area contributed by atoms with Crippen LogP contribution >= 0.6 is 58.0 Å². The van der Waals surface area contributed by atoms with Crippen molar-refractivity contribution in [3.8, 4) is 0 Å². The summed E-state index contributed by atoms with van der Waals surface area (Å²) in [6.45, 7) is 2.63. The molecule has 2 amide bonds. The quantitative estimate of drug-likeness (QED) is 0.148. The van der Waals surface area contributed by atoms with Gasteiger partial charge in [-0.25, -0.2) is 4.79 Å². The number of ether oxygens (including phenoxy) is 1. The number of hydrogen-bond acceptors (Lipinski definition) is 5. The van der Waals surface area contributed by atoms with Crippen molar-refractivity contribution >= 4 is 81.6 Å². The molecule has 168 valence electrons. The zero-order valence-corrected chi connectivity index (χ0v) is 20.3. The van der Waals surface area contributed by atoms with Crippen LogP contribution in [0, 0.1) is 5.92 Å². The lowest BCUT2D eigenvalue weighted by Gasteiger charge is -2.27. The molecule has 2 aromatic rings. The van der Waals surface area contributed by atoms with Crippen LogP contribution in [0.3, 0.4) is 0 Å². The highest BCUT2D eigenvalue weighted by Gasteiger charge is 2.48. The van der Waals surface area contributed by atoms with Crippen molar-refractivity contribution in [2.24, 2.45) is 5.92 Å². The molecule has 0 aliphatic carbocycles. The molecule has 0 saturated heterocycles. The predicted molar refractivity (Wildman–Crippen MR) is 122 cm³/mol. The minimum Gasteiger partial charge on any atom is -0.456 e. The lowest BCUT2D eigenvalue weighted by Crippen LogP contribution is -2.49. The second kappa shape index (κ2) is 9.57. The van der Waals surface area contributed by atoms with Crippen LogP contribution in [0.4, 0.5) is 0 Å².